The van der Waals surface area contributed by atoms with Crippen LogP contribution in [0.5, 0.6) is 0 Å². The number of furan rings is 1. The molecule has 0 fully saturated rings. The highest BCUT2D eigenvalue weighted by Gasteiger charge is 2.22. The van der Waals surface area contributed by atoms with Crippen molar-refractivity contribution < 1.29 is 9.21 Å². The molecular formula is C24H28ClNO2. The topological polar surface area (TPSA) is 42.2 Å². The van der Waals surface area contributed by atoms with E-state index in [9.17, 15) is 4.79 Å². The van der Waals surface area contributed by atoms with Gasteiger partial charge in [-0.1, -0.05) is 55.8 Å². The van der Waals surface area contributed by atoms with Gasteiger partial charge in [0.2, 0.25) is 0 Å². The number of carbonyl (C=O) groups is 1. The normalized spacial score (nSPS) is 11.1. The quantitative estimate of drug-likeness (QED) is 0.413. The van der Waals surface area contributed by atoms with Crippen molar-refractivity contribution in [2.75, 3.05) is 6.54 Å². The Kier molecular flexibility index (Phi) is 6.79. The molecule has 2 aromatic carbocycles. The third-order valence-corrected chi connectivity index (χ3v) is 5.29. The fourth-order valence-corrected chi connectivity index (χ4v) is 3.77. The molecule has 0 atom stereocenters. The highest BCUT2D eigenvalue weighted by molar-refractivity contribution is 6.30. The number of aryl methyl sites for hydroxylation is 2. The molecule has 0 aliphatic carbocycles. The van der Waals surface area contributed by atoms with Crippen molar-refractivity contribution in [3.05, 3.63) is 58.3 Å². The van der Waals surface area contributed by atoms with Crippen LogP contribution >= 0.6 is 11.6 Å². The predicted molar refractivity (Wildman–Crippen MR) is 117 cm³/mol. The van der Waals surface area contributed by atoms with Gasteiger partial charge in [-0.2, -0.15) is 0 Å². The molecule has 3 aromatic rings. The van der Waals surface area contributed by atoms with Crippen LogP contribution in [0, 0.1) is 13.8 Å². The van der Waals surface area contributed by atoms with E-state index in [1.807, 2.05) is 31.2 Å². The van der Waals surface area contributed by atoms with Crippen LogP contribution < -0.4 is 5.32 Å². The molecule has 3 rings (SSSR count). The zero-order chi connectivity index (χ0) is 20.1. The largest absolute Gasteiger partial charge is 0.450 e. The molecule has 4 heteroatoms. The Hall–Kier alpha value is -2.26. The summed E-state index contributed by atoms with van der Waals surface area (Å²) in [4.78, 5) is 12.9. The van der Waals surface area contributed by atoms with E-state index in [1.54, 1.807) is 0 Å². The van der Waals surface area contributed by atoms with E-state index in [0.717, 1.165) is 40.3 Å². The van der Waals surface area contributed by atoms with E-state index in [0.29, 0.717) is 23.1 Å². The first-order chi connectivity index (χ1) is 13.5. The molecule has 0 radical (unpaired) electrons. The van der Waals surface area contributed by atoms with Crippen molar-refractivity contribution in [2.45, 2.75) is 52.9 Å². The summed E-state index contributed by atoms with van der Waals surface area (Å²) in [5.41, 5.74) is 3.11. The number of nitrogens with one attached hydrogen (secondary N) is 1. The van der Waals surface area contributed by atoms with Gasteiger partial charge in [0.15, 0.2) is 5.76 Å². The van der Waals surface area contributed by atoms with Gasteiger partial charge in [-0.05, 0) is 56.2 Å². The van der Waals surface area contributed by atoms with Crippen molar-refractivity contribution in [1.29, 1.82) is 0 Å². The minimum Gasteiger partial charge on any atom is -0.450 e. The van der Waals surface area contributed by atoms with Gasteiger partial charge in [0.25, 0.3) is 5.91 Å². The van der Waals surface area contributed by atoms with Crippen LogP contribution in [0.25, 0.3) is 22.1 Å². The second kappa shape index (κ2) is 9.29. The number of fused-ring (bicyclic) bond motifs is 1. The number of hydrogen-bond donors (Lipinski definition) is 1. The zero-order valence-electron chi connectivity index (χ0n) is 16.9. The fourth-order valence-electron chi connectivity index (χ4n) is 3.64. The molecule has 148 valence electrons. The second-order valence-electron chi connectivity index (χ2n) is 7.44. The highest BCUT2D eigenvalue weighted by Crippen LogP contribution is 2.37. The van der Waals surface area contributed by atoms with Gasteiger partial charge in [0, 0.05) is 27.9 Å². The summed E-state index contributed by atoms with van der Waals surface area (Å²) in [6, 6.07) is 11.7. The monoisotopic (exact) mass is 397 g/mol. The predicted octanol–water partition coefficient (Wildman–Crippen LogP) is 7.07. The number of carbonyl (C=O) groups excluding carboxylic acids is 1. The minimum absolute atomic E-state index is 0.146. The van der Waals surface area contributed by atoms with Crippen molar-refractivity contribution in [1.82, 2.24) is 5.32 Å². The maximum atomic E-state index is 12.9. The maximum Gasteiger partial charge on any atom is 0.287 e. The first-order valence-corrected chi connectivity index (χ1v) is 10.5. The molecule has 0 aliphatic rings. The summed E-state index contributed by atoms with van der Waals surface area (Å²) in [6.45, 7) is 6.96. The van der Waals surface area contributed by atoms with Crippen LogP contribution in [0.15, 0.2) is 40.8 Å². The molecule has 0 saturated heterocycles. The molecule has 0 saturated carbocycles. The Bertz CT molecular complexity index is 957. The standard InChI is InChI=1S/C24H28ClNO2/c1-4-5-6-7-8-13-26-24(27)23-21-17(3)14-16(2)15-20(21)22(28-23)18-9-11-19(25)12-10-18/h9-12,14-15H,4-8,13H2,1-3H3,(H,26,27). The number of hydrogen-bond acceptors (Lipinski definition) is 2. The SMILES string of the molecule is CCCCCCCNC(=O)c1oc(-c2ccc(Cl)cc2)c2cc(C)cc(C)c12. The lowest BCUT2D eigenvalue weighted by Gasteiger charge is -2.05. The van der Waals surface area contributed by atoms with E-state index in [4.69, 9.17) is 16.0 Å². The van der Waals surface area contributed by atoms with E-state index in [-0.39, 0.29) is 5.91 Å². The lowest BCUT2D eigenvalue weighted by molar-refractivity contribution is 0.0928. The van der Waals surface area contributed by atoms with Gasteiger partial charge < -0.3 is 9.73 Å². The Morgan fingerprint density at radius 1 is 1.04 bits per heavy atom. The molecule has 1 aromatic heterocycles. The molecule has 1 amide bonds. The fraction of sp³-hybridized carbons (Fsp3) is 0.375. The second-order valence-corrected chi connectivity index (χ2v) is 7.88. The highest BCUT2D eigenvalue weighted by atomic mass is 35.5. The first kappa shape index (κ1) is 20.5. The van der Waals surface area contributed by atoms with Gasteiger partial charge in [-0.15, -0.1) is 0 Å². The average molecular weight is 398 g/mol. The van der Waals surface area contributed by atoms with Crippen LogP contribution in [-0.2, 0) is 0 Å². The molecule has 0 bridgehead atoms. The molecule has 28 heavy (non-hydrogen) atoms. The molecule has 3 nitrogen and oxygen atoms in total. The smallest absolute Gasteiger partial charge is 0.287 e. The maximum absolute atomic E-state index is 12.9. The molecular weight excluding hydrogens is 370 g/mol. The number of halogens is 1. The molecule has 1 N–H and O–H groups in total. The zero-order valence-corrected chi connectivity index (χ0v) is 17.7. The Labute approximate surface area is 172 Å². The summed E-state index contributed by atoms with van der Waals surface area (Å²) >= 11 is 6.03. The number of rotatable bonds is 8. The Morgan fingerprint density at radius 2 is 1.75 bits per heavy atom. The Balaban J connectivity index is 1.90. The summed E-state index contributed by atoms with van der Waals surface area (Å²) in [5, 5.41) is 5.56. The van der Waals surface area contributed by atoms with Crippen molar-refractivity contribution >= 4 is 28.3 Å². The van der Waals surface area contributed by atoms with Crippen molar-refractivity contribution in [2.24, 2.45) is 0 Å². The van der Waals surface area contributed by atoms with E-state index >= 15 is 0 Å². The van der Waals surface area contributed by atoms with Gasteiger partial charge >= 0.3 is 0 Å². The number of unbranched alkanes of at least 4 members (excludes halogenated alkanes) is 4. The molecule has 1 heterocycles. The third-order valence-electron chi connectivity index (χ3n) is 5.03. The lowest BCUT2D eigenvalue weighted by Crippen LogP contribution is -2.24. The van der Waals surface area contributed by atoms with Crippen molar-refractivity contribution in [3.8, 4) is 11.3 Å². The first-order valence-electron chi connectivity index (χ1n) is 10.1. The van der Waals surface area contributed by atoms with Crippen LogP contribution in [-0.4, -0.2) is 12.5 Å². The lowest BCUT2D eigenvalue weighted by atomic mass is 10.0. The third kappa shape index (κ3) is 4.59. The summed E-state index contributed by atoms with van der Waals surface area (Å²) in [6.07, 6.45) is 5.82. The minimum atomic E-state index is -0.146. The van der Waals surface area contributed by atoms with Gasteiger partial charge in [-0.25, -0.2) is 0 Å². The summed E-state index contributed by atoms with van der Waals surface area (Å²) in [5.74, 6) is 0.963. The molecule has 0 spiro atoms. The number of benzene rings is 2. The van der Waals surface area contributed by atoms with E-state index < -0.39 is 0 Å². The number of amides is 1. The van der Waals surface area contributed by atoms with Crippen LogP contribution in [0.4, 0.5) is 0 Å². The van der Waals surface area contributed by atoms with Gasteiger partial charge in [0.05, 0.1) is 0 Å². The van der Waals surface area contributed by atoms with Crippen molar-refractivity contribution in [3.63, 3.8) is 0 Å². The summed E-state index contributed by atoms with van der Waals surface area (Å²) < 4.78 is 6.13. The van der Waals surface area contributed by atoms with Crippen LogP contribution in [0.2, 0.25) is 5.02 Å². The molecule has 0 unspecified atom stereocenters. The van der Waals surface area contributed by atoms with Gasteiger partial charge in [0.1, 0.15) is 5.76 Å². The van der Waals surface area contributed by atoms with Gasteiger partial charge in [-0.3, -0.25) is 4.79 Å². The van der Waals surface area contributed by atoms with E-state index in [2.05, 4.69) is 31.3 Å². The van der Waals surface area contributed by atoms with Crippen LogP contribution in [0.1, 0.15) is 60.7 Å². The summed E-state index contributed by atoms with van der Waals surface area (Å²) in [7, 11) is 0. The molecule has 0 aliphatic heterocycles. The van der Waals surface area contributed by atoms with Crippen LogP contribution in [0.3, 0.4) is 0 Å². The average Bonchev–Trinajstić information content (AvgIpc) is 3.05. The van der Waals surface area contributed by atoms with E-state index in [1.165, 1.54) is 19.3 Å². The Morgan fingerprint density at radius 3 is 2.46 bits per heavy atom.